The molecule has 3 unspecified atom stereocenters. The summed E-state index contributed by atoms with van der Waals surface area (Å²) >= 11 is 0. The summed E-state index contributed by atoms with van der Waals surface area (Å²) in [5.41, 5.74) is 12.0. The van der Waals surface area contributed by atoms with Gasteiger partial charge in [-0.05, 0) is 24.8 Å². The summed E-state index contributed by atoms with van der Waals surface area (Å²) in [4.78, 5) is 48.9. The maximum atomic E-state index is 12.7. The Kier molecular flexibility index (Phi) is 6.89. The molecule has 9 nitrogen and oxygen atoms in total. The molecule has 0 radical (unpaired) electrons. The van der Waals surface area contributed by atoms with Crippen molar-refractivity contribution >= 4 is 23.7 Å². The van der Waals surface area contributed by atoms with Crippen LogP contribution < -0.4 is 16.8 Å². The molecule has 2 rings (SSSR count). The van der Waals surface area contributed by atoms with Gasteiger partial charge in [0.15, 0.2) is 0 Å². The molecule has 1 fully saturated rings. The normalized spacial score (nSPS) is 18.6. The Bertz CT molecular complexity index is 709. The molecule has 27 heavy (non-hydrogen) atoms. The van der Waals surface area contributed by atoms with Crippen LogP contribution in [0.15, 0.2) is 30.3 Å². The van der Waals surface area contributed by atoms with E-state index in [1.807, 2.05) is 30.3 Å². The van der Waals surface area contributed by atoms with E-state index in [0.717, 1.165) is 5.56 Å². The molecule has 0 spiro atoms. The average molecular weight is 376 g/mol. The van der Waals surface area contributed by atoms with Crippen molar-refractivity contribution in [3.05, 3.63) is 35.9 Å². The zero-order valence-corrected chi connectivity index (χ0v) is 14.8. The van der Waals surface area contributed by atoms with Crippen molar-refractivity contribution < 1.29 is 24.3 Å². The van der Waals surface area contributed by atoms with Gasteiger partial charge in [-0.25, -0.2) is 4.79 Å². The Morgan fingerprint density at radius 1 is 1.22 bits per heavy atom. The predicted octanol–water partition coefficient (Wildman–Crippen LogP) is -1.01. The molecule has 9 heteroatoms. The lowest BCUT2D eigenvalue weighted by Crippen LogP contribution is -2.55. The molecule has 1 aliphatic heterocycles. The number of nitrogens with two attached hydrogens (primary N) is 2. The molecule has 0 aromatic heterocycles. The van der Waals surface area contributed by atoms with Crippen LogP contribution in [0.2, 0.25) is 0 Å². The monoisotopic (exact) mass is 376 g/mol. The minimum absolute atomic E-state index is 0.247. The molecule has 6 N–H and O–H groups in total. The molecular formula is C18H24N4O5. The second kappa shape index (κ2) is 9.13. The highest BCUT2D eigenvalue weighted by Crippen LogP contribution is 2.19. The SMILES string of the molecule is NC(=O)CC(NC(=O)C(N)Cc1ccccc1)C(=O)N1CCCC1C(=O)O. The summed E-state index contributed by atoms with van der Waals surface area (Å²) in [7, 11) is 0. The zero-order valence-electron chi connectivity index (χ0n) is 14.8. The van der Waals surface area contributed by atoms with Crippen LogP contribution in [0.4, 0.5) is 0 Å². The molecular weight excluding hydrogens is 352 g/mol. The fourth-order valence-electron chi connectivity index (χ4n) is 3.13. The van der Waals surface area contributed by atoms with E-state index >= 15 is 0 Å². The lowest BCUT2D eigenvalue weighted by molar-refractivity contribution is -0.149. The molecule has 146 valence electrons. The Hall–Kier alpha value is -2.94. The molecule has 1 heterocycles. The quantitative estimate of drug-likeness (QED) is 0.455. The van der Waals surface area contributed by atoms with Crippen molar-refractivity contribution in [1.29, 1.82) is 0 Å². The smallest absolute Gasteiger partial charge is 0.326 e. The molecule has 1 saturated heterocycles. The van der Waals surface area contributed by atoms with Crippen LogP contribution in [0, 0.1) is 0 Å². The van der Waals surface area contributed by atoms with Crippen LogP contribution >= 0.6 is 0 Å². The number of rotatable bonds is 8. The van der Waals surface area contributed by atoms with Crippen molar-refractivity contribution in [2.75, 3.05) is 6.54 Å². The number of nitrogens with one attached hydrogen (secondary N) is 1. The third kappa shape index (κ3) is 5.52. The number of aliphatic carboxylic acids is 1. The summed E-state index contributed by atoms with van der Waals surface area (Å²) in [5, 5.41) is 11.7. The molecule has 0 aliphatic carbocycles. The maximum absolute atomic E-state index is 12.7. The summed E-state index contributed by atoms with van der Waals surface area (Å²) in [6.07, 6.45) is 0.691. The van der Waals surface area contributed by atoms with Crippen LogP contribution in [0.3, 0.4) is 0 Å². The van der Waals surface area contributed by atoms with E-state index in [0.29, 0.717) is 12.8 Å². The Balaban J connectivity index is 2.06. The first-order chi connectivity index (χ1) is 12.8. The minimum Gasteiger partial charge on any atom is -0.480 e. The van der Waals surface area contributed by atoms with Crippen LogP contribution in [0.25, 0.3) is 0 Å². The highest BCUT2D eigenvalue weighted by Gasteiger charge is 2.38. The van der Waals surface area contributed by atoms with E-state index in [1.54, 1.807) is 0 Å². The van der Waals surface area contributed by atoms with E-state index in [2.05, 4.69) is 5.32 Å². The Morgan fingerprint density at radius 3 is 2.48 bits per heavy atom. The van der Waals surface area contributed by atoms with Crippen molar-refractivity contribution in [2.45, 2.75) is 43.8 Å². The van der Waals surface area contributed by atoms with Gasteiger partial charge in [0.1, 0.15) is 12.1 Å². The molecule has 0 bridgehead atoms. The van der Waals surface area contributed by atoms with Crippen molar-refractivity contribution in [3.8, 4) is 0 Å². The van der Waals surface area contributed by atoms with E-state index < -0.39 is 48.2 Å². The van der Waals surface area contributed by atoms with E-state index in [1.165, 1.54) is 4.90 Å². The van der Waals surface area contributed by atoms with Gasteiger partial charge in [0, 0.05) is 6.54 Å². The van der Waals surface area contributed by atoms with Gasteiger partial charge in [-0.1, -0.05) is 30.3 Å². The summed E-state index contributed by atoms with van der Waals surface area (Å²) in [6.45, 7) is 0.247. The van der Waals surface area contributed by atoms with Crippen molar-refractivity contribution in [3.63, 3.8) is 0 Å². The third-order valence-corrected chi connectivity index (χ3v) is 4.48. The molecule has 1 aromatic carbocycles. The predicted molar refractivity (Wildman–Crippen MR) is 96.2 cm³/mol. The Morgan fingerprint density at radius 2 is 1.89 bits per heavy atom. The van der Waals surface area contributed by atoms with Gasteiger partial charge in [0.2, 0.25) is 17.7 Å². The second-order valence-electron chi connectivity index (χ2n) is 6.56. The van der Waals surface area contributed by atoms with Gasteiger partial charge in [0.05, 0.1) is 12.5 Å². The lowest BCUT2D eigenvalue weighted by atomic mass is 10.0. The summed E-state index contributed by atoms with van der Waals surface area (Å²) < 4.78 is 0. The van der Waals surface area contributed by atoms with E-state index in [9.17, 15) is 24.3 Å². The van der Waals surface area contributed by atoms with Crippen LogP contribution in [0.5, 0.6) is 0 Å². The molecule has 3 amide bonds. The summed E-state index contributed by atoms with van der Waals surface area (Å²) in [5.74, 6) is -3.15. The van der Waals surface area contributed by atoms with E-state index in [-0.39, 0.29) is 13.0 Å². The van der Waals surface area contributed by atoms with Gasteiger partial charge < -0.3 is 26.8 Å². The van der Waals surface area contributed by atoms with Crippen LogP contribution in [-0.2, 0) is 25.6 Å². The van der Waals surface area contributed by atoms with Gasteiger partial charge in [-0.3, -0.25) is 14.4 Å². The number of amides is 3. The van der Waals surface area contributed by atoms with Gasteiger partial charge in [-0.15, -0.1) is 0 Å². The highest BCUT2D eigenvalue weighted by atomic mass is 16.4. The number of benzene rings is 1. The fourth-order valence-corrected chi connectivity index (χ4v) is 3.13. The van der Waals surface area contributed by atoms with Gasteiger partial charge in [0.25, 0.3) is 0 Å². The van der Waals surface area contributed by atoms with Gasteiger partial charge in [-0.2, -0.15) is 0 Å². The van der Waals surface area contributed by atoms with Crippen LogP contribution in [0.1, 0.15) is 24.8 Å². The lowest BCUT2D eigenvalue weighted by Gasteiger charge is -2.27. The number of carboxylic acid groups (broad SMARTS) is 1. The zero-order chi connectivity index (χ0) is 20.0. The third-order valence-electron chi connectivity index (χ3n) is 4.48. The topological polar surface area (TPSA) is 156 Å². The number of hydrogen-bond acceptors (Lipinski definition) is 5. The first-order valence-corrected chi connectivity index (χ1v) is 8.71. The summed E-state index contributed by atoms with van der Waals surface area (Å²) in [6, 6.07) is 5.98. The van der Waals surface area contributed by atoms with E-state index in [4.69, 9.17) is 11.5 Å². The number of primary amides is 1. The van der Waals surface area contributed by atoms with Gasteiger partial charge >= 0.3 is 5.97 Å². The average Bonchev–Trinajstić information content (AvgIpc) is 3.11. The largest absolute Gasteiger partial charge is 0.480 e. The number of likely N-dealkylation sites (tertiary alicyclic amines) is 1. The van der Waals surface area contributed by atoms with Crippen molar-refractivity contribution in [2.24, 2.45) is 11.5 Å². The second-order valence-corrected chi connectivity index (χ2v) is 6.56. The first-order valence-electron chi connectivity index (χ1n) is 8.71. The highest BCUT2D eigenvalue weighted by molar-refractivity contribution is 5.94. The molecule has 3 atom stereocenters. The number of carboxylic acids is 1. The number of hydrogen-bond donors (Lipinski definition) is 4. The standard InChI is InChI=1S/C18H24N4O5/c19-12(9-11-5-2-1-3-6-11)16(24)21-13(10-15(20)23)17(25)22-8-4-7-14(22)18(26)27/h1-3,5-6,12-14H,4,7-10,19H2,(H2,20,23)(H,21,24)(H,26,27). The Labute approximate surface area is 156 Å². The molecule has 0 saturated carbocycles. The van der Waals surface area contributed by atoms with Crippen LogP contribution in [-0.4, -0.2) is 58.4 Å². The molecule has 1 aromatic rings. The van der Waals surface area contributed by atoms with Crippen molar-refractivity contribution in [1.82, 2.24) is 10.2 Å². The molecule has 1 aliphatic rings. The first kappa shape index (κ1) is 20.4. The number of carbonyl (C=O) groups is 4. The minimum atomic E-state index is -1.24. The number of carbonyl (C=O) groups excluding carboxylic acids is 3. The number of nitrogens with zero attached hydrogens (tertiary/aromatic N) is 1. The fraction of sp³-hybridized carbons (Fsp3) is 0.444. The maximum Gasteiger partial charge on any atom is 0.326 e.